The van der Waals surface area contributed by atoms with Gasteiger partial charge in [-0.25, -0.2) is 0 Å². The van der Waals surface area contributed by atoms with Crippen LogP contribution < -0.4 is 15.0 Å². The number of rotatable bonds is 8. The number of fused-ring (bicyclic) bond motifs is 1. The van der Waals surface area contributed by atoms with Gasteiger partial charge in [-0.05, 0) is 63.5 Å². The van der Waals surface area contributed by atoms with Crippen LogP contribution in [0.1, 0.15) is 43.2 Å². The number of carbonyl (C=O) groups excluding carboxylic acids is 1. The summed E-state index contributed by atoms with van der Waals surface area (Å²) in [6.07, 6.45) is 5.45. The molecule has 1 saturated heterocycles. The summed E-state index contributed by atoms with van der Waals surface area (Å²) in [5.41, 5.74) is 3.57. The van der Waals surface area contributed by atoms with Crippen LogP contribution in [0.25, 0.3) is 0 Å². The molecule has 5 nitrogen and oxygen atoms in total. The summed E-state index contributed by atoms with van der Waals surface area (Å²) in [6, 6.07) is 16.8. The lowest BCUT2D eigenvalue weighted by atomic mass is 10.1. The molecule has 2 aromatic carbocycles. The summed E-state index contributed by atoms with van der Waals surface area (Å²) < 4.78 is 6.00. The second-order valence-electron chi connectivity index (χ2n) is 8.86. The zero-order valence-electron chi connectivity index (χ0n) is 18.7. The predicted molar refractivity (Wildman–Crippen MR) is 126 cm³/mol. The first kappa shape index (κ1) is 21.7. The molecule has 2 heterocycles. The summed E-state index contributed by atoms with van der Waals surface area (Å²) in [4.78, 5) is 17.6. The molecule has 2 aliphatic rings. The molecule has 0 unspecified atom stereocenters. The van der Waals surface area contributed by atoms with Gasteiger partial charge in [-0.1, -0.05) is 48.4 Å². The summed E-state index contributed by atoms with van der Waals surface area (Å²) in [7, 11) is 0. The summed E-state index contributed by atoms with van der Waals surface area (Å²) in [5, 5.41) is 3.14. The van der Waals surface area contributed by atoms with Crippen molar-refractivity contribution in [1.82, 2.24) is 10.2 Å². The van der Waals surface area contributed by atoms with Gasteiger partial charge in [0.15, 0.2) is 0 Å². The number of nitrogens with one attached hydrogen (secondary N) is 1. The Hall–Kier alpha value is -2.53. The Morgan fingerprint density at radius 3 is 2.65 bits per heavy atom. The Labute approximate surface area is 186 Å². The molecule has 31 heavy (non-hydrogen) atoms. The molecule has 0 aromatic heterocycles. The molecule has 166 valence electrons. The monoisotopic (exact) mass is 421 g/mol. The first-order valence-electron chi connectivity index (χ1n) is 11.7. The molecule has 1 N–H and O–H groups in total. The van der Waals surface area contributed by atoms with E-state index in [1.807, 2.05) is 18.2 Å². The second-order valence-corrected chi connectivity index (χ2v) is 8.86. The number of nitrogens with zero attached hydrogens (tertiary/aromatic N) is 2. The molecule has 2 aromatic rings. The van der Waals surface area contributed by atoms with Crippen molar-refractivity contribution in [2.75, 3.05) is 37.7 Å². The Bertz CT molecular complexity index is 846. The van der Waals surface area contributed by atoms with E-state index in [9.17, 15) is 4.79 Å². The number of benzene rings is 2. The molecular formula is C26H35N3O2. The quantitative estimate of drug-likeness (QED) is 0.651. The first-order valence-corrected chi connectivity index (χ1v) is 11.7. The molecule has 0 saturated carbocycles. The van der Waals surface area contributed by atoms with E-state index in [0.717, 1.165) is 37.5 Å². The lowest BCUT2D eigenvalue weighted by molar-refractivity contribution is -0.121. The van der Waals surface area contributed by atoms with Crippen molar-refractivity contribution in [1.29, 1.82) is 0 Å². The Balaban J connectivity index is 1.34. The maximum absolute atomic E-state index is 12.7. The maximum atomic E-state index is 12.7. The molecule has 1 atom stereocenters. The number of para-hydroxylation sites is 2. The molecule has 0 spiro atoms. The van der Waals surface area contributed by atoms with Crippen molar-refractivity contribution in [2.45, 2.75) is 51.6 Å². The summed E-state index contributed by atoms with van der Waals surface area (Å²) >= 11 is 0. The van der Waals surface area contributed by atoms with Crippen molar-refractivity contribution in [3.05, 3.63) is 59.7 Å². The van der Waals surface area contributed by atoms with Crippen molar-refractivity contribution in [3.8, 4) is 5.75 Å². The number of hydrogen-bond donors (Lipinski definition) is 1. The van der Waals surface area contributed by atoms with Crippen LogP contribution in [0, 0.1) is 6.92 Å². The van der Waals surface area contributed by atoms with Crippen LogP contribution in [0.5, 0.6) is 5.75 Å². The van der Waals surface area contributed by atoms with Gasteiger partial charge in [0.05, 0.1) is 18.2 Å². The average molecular weight is 422 g/mol. The lowest BCUT2D eigenvalue weighted by Gasteiger charge is -2.38. The third-order valence-electron chi connectivity index (χ3n) is 6.36. The van der Waals surface area contributed by atoms with Gasteiger partial charge in [0, 0.05) is 13.1 Å². The Morgan fingerprint density at radius 1 is 1.06 bits per heavy atom. The zero-order valence-corrected chi connectivity index (χ0v) is 18.7. The van der Waals surface area contributed by atoms with Crippen LogP contribution >= 0.6 is 0 Å². The van der Waals surface area contributed by atoms with E-state index in [0.29, 0.717) is 13.0 Å². The fourth-order valence-corrected chi connectivity index (χ4v) is 4.56. The molecule has 0 aliphatic carbocycles. The average Bonchev–Trinajstić information content (AvgIpc) is 2.80. The minimum absolute atomic E-state index is 0.0262. The number of anilines is 1. The van der Waals surface area contributed by atoms with E-state index in [1.54, 1.807) is 0 Å². The van der Waals surface area contributed by atoms with Crippen molar-refractivity contribution >= 4 is 11.6 Å². The van der Waals surface area contributed by atoms with E-state index < -0.39 is 0 Å². The third kappa shape index (κ3) is 6.01. The normalized spacial score (nSPS) is 18.9. The summed E-state index contributed by atoms with van der Waals surface area (Å²) in [6.45, 7) is 7.66. The van der Waals surface area contributed by atoms with Gasteiger partial charge >= 0.3 is 0 Å². The van der Waals surface area contributed by atoms with Gasteiger partial charge in [0.1, 0.15) is 12.4 Å². The Morgan fingerprint density at radius 2 is 1.84 bits per heavy atom. The fourth-order valence-electron chi connectivity index (χ4n) is 4.56. The van der Waals surface area contributed by atoms with E-state index in [4.69, 9.17) is 4.74 Å². The molecular weight excluding hydrogens is 386 g/mol. The minimum atomic E-state index is 0.0262. The Kier molecular flexibility index (Phi) is 7.47. The fraction of sp³-hybridized carbons (Fsp3) is 0.500. The highest BCUT2D eigenvalue weighted by atomic mass is 16.5. The number of piperidine rings is 1. The van der Waals surface area contributed by atoms with Crippen LogP contribution in [0.4, 0.5) is 5.69 Å². The van der Waals surface area contributed by atoms with Crippen molar-refractivity contribution in [2.24, 2.45) is 0 Å². The number of hydrogen-bond acceptors (Lipinski definition) is 4. The van der Waals surface area contributed by atoms with Crippen LogP contribution in [-0.4, -0.2) is 49.6 Å². The van der Waals surface area contributed by atoms with Gasteiger partial charge in [-0.3, -0.25) is 4.79 Å². The zero-order chi connectivity index (χ0) is 21.5. The number of likely N-dealkylation sites (tertiary alicyclic amines) is 1. The third-order valence-corrected chi connectivity index (χ3v) is 6.36. The molecule has 5 heteroatoms. The van der Waals surface area contributed by atoms with Crippen LogP contribution in [0.2, 0.25) is 0 Å². The summed E-state index contributed by atoms with van der Waals surface area (Å²) in [5.74, 6) is 1.01. The van der Waals surface area contributed by atoms with Gasteiger partial charge in [-0.2, -0.15) is 0 Å². The molecule has 2 aliphatic heterocycles. The molecule has 0 bridgehead atoms. The highest BCUT2D eigenvalue weighted by Gasteiger charge is 2.29. The van der Waals surface area contributed by atoms with Crippen molar-refractivity contribution < 1.29 is 9.53 Å². The minimum Gasteiger partial charge on any atom is -0.489 e. The van der Waals surface area contributed by atoms with Gasteiger partial charge in [0.25, 0.3) is 0 Å². The van der Waals surface area contributed by atoms with Crippen LogP contribution in [0.3, 0.4) is 0 Å². The maximum Gasteiger partial charge on any atom is 0.222 e. The van der Waals surface area contributed by atoms with Gasteiger partial charge < -0.3 is 19.9 Å². The molecule has 1 amide bonds. The van der Waals surface area contributed by atoms with Gasteiger partial charge in [0.2, 0.25) is 5.91 Å². The smallest absolute Gasteiger partial charge is 0.222 e. The molecule has 0 radical (unpaired) electrons. The molecule has 1 fully saturated rings. The number of ether oxygens (including phenoxy) is 1. The van der Waals surface area contributed by atoms with Crippen LogP contribution in [-0.2, 0) is 11.3 Å². The van der Waals surface area contributed by atoms with E-state index in [2.05, 4.69) is 52.4 Å². The second kappa shape index (κ2) is 10.7. The number of carbonyl (C=O) groups is 1. The standard InChI is InChI=1S/C26H35N3O2/c1-21-10-12-22(13-11-21)19-29-23(20-31-25-9-4-3-8-24(25)29)18-26(30)27-14-7-17-28-15-5-2-6-16-28/h3-4,8-13,23H,2,5-7,14-20H2,1H3,(H,27,30)/t23-/m0/s1. The van der Waals surface area contributed by atoms with E-state index in [1.165, 1.54) is 43.5 Å². The first-order chi connectivity index (χ1) is 15.2. The predicted octanol–water partition coefficient (Wildman–Crippen LogP) is 4.14. The molecule has 4 rings (SSSR count). The highest BCUT2D eigenvalue weighted by molar-refractivity contribution is 5.77. The van der Waals surface area contributed by atoms with Crippen molar-refractivity contribution in [3.63, 3.8) is 0 Å². The number of aryl methyl sites for hydroxylation is 1. The largest absolute Gasteiger partial charge is 0.489 e. The SMILES string of the molecule is Cc1ccc(CN2c3ccccc3OC[C@@H]2CC(=O)NCCCN2CCCCC2)cc1. The van der Waals surface area contributed by atoms with Crippen LogP contribution in [0.15, 0.2) is 48.5 Å². The highest BCUT2D eigenvalue weighted by Crippen LogP contribution is 2.35. The van der Waals surface area contributed by atoms with E-state index >= 15 is 0 Å². The van der Waals surface area contributed by atoms with E-state index in [-0.39, 0.29) is 11.9 Å². The number of amides is 1. The topological polar surface area (TPSA) is 44.8 Å². The lowest BCUT2D eigenvalue weighted by Crippen LogP contribution is -2.45. The van der Waals surface area contributed by atoms with Gasteiger partial charge in [-0.15, -0.1) is 0 Å².